The van der Waals surface area contributed by atoms with E-state index in [1.54, 1.807) is 17.5 Å². The Morgan fingerprint density at radius 2 is 2.10 bits per heavy atom. The molecular formula is C22H25N5O2S. The molecule has 2 aliphatic heterocycles. The maximum absolute atomic E-state index is 12.9. The van der Waals surface area contributed by atoms with E-state index in [0.717, 1.165) is 44.0 Å². The molecule has 30 heavy (non-hydrogen) atoms. The van der Waals surface area contributed by atoms with Crippen molar-refractivity contribution in [3.05, 3.63) is 70.7 Å². The molecule has 7 nitrogen and oxygen atoms in total. The molecule has 5 rings (SSSR count). The van der Waals surface area contributed by atoms with Gasteiger partial charge in [-0.2, -0.15) is 0 Å². The van der Waals surface area contributed by atoms with Gasteiger partial charge in [0.1, 0.15) is 11.4 Å². The largest absolute Gasteiger partial charge is 0.352 e. The summed E-state index contributed by atoms with van der Waals surface area (Å²) < 4.78 is 8.58. The highest BCUT2D eigenvalue weighted by molar-refractivity contribution is 7.09. The number of hydrogen-bond acceptors (Lipinski definition) is 6. The Hall–Kier alpha value is -2.55. The number of carbonyl (C=O) groups excluding carboxylic acids is 1. The van der Waals surface area contributed by atoms with Crippen molar-refractivity contribution in [2.45, 2.75) is 44.2 Å². The summed E-state index contributed by atoms with van der Waals surface area (Å²) in [5.74, 6) is 0.854. The van der Waals surface area contributed by atoms with E-state index >= 15 is 0 Å². The summed E-state index contributed by atoms with van der Waals surface area (Å²) in [6.45, 7) is 3.71. The molecular weight excluding hydrogens is 398 g/mol. The number of nitrogens with one attached hydrogen (secondary N) is 1. The van der Waals surface area contributed by atoms with Crippen LogP contribution in [-0.4, -0.2) is 44.5 Å². The molecule has 1 atom stereocenters. The average Bonchev–Trinajstić information content (AvgIpc) is 3.47. The number of hydrogen-bond donors (Lipinski definition) is 1. The van der Waals surface area contributed by atoms with Crippen molar-refractivity contribution in [2.24, 2.45) is 0 Å². The van der Waals surface area contributed by atoms with E-state index in [-0.39, 0.29) is 5.91 Å². The van der Waals surface area contributed by atoms with Gasteiger partial charge in [0.2, 0.25) is 0 Å². The molecule has 0 radical (unpaired) electrons. The normalized spacial score (nSPS) is 20.7. The minimum absolute atomic E-state index is 0.0969. The third-order valence-corrected chi connectivity index (χ3v) is 6.80. The molecule has 0 aliphatic carbocycles. The maximum atomic E-state index is 12.9. The Kier molecular flexibility index (Phi) is 5.37. The van der Waals surface area contributed by atoms with Gasteiger partial charge in [0.05, 0.1) is 18.8 Å². The number of rotatable bonds is 5. The van der Waals surface area contributed by atoms with Crippen LogP contribution in [-0.2, 0) is 34.8 Å². The molecule has 1 amide bonds. The van der Waals surface area contributed by atoms with Gasteiger partial charge in [0.15, 0.2) is 6.10 Å². The van der Waals surface area contributed by atoms with E-state index in [9.17, 15) is 4.79 Å². The molecule has 1 N–H and O–H groups in total. The predicted molar refractivity (Wildman–Crippen MR) is 114 cm³/mol. The fourth-order valence-corrected chi connectivity index (χ4v) is 5.11. The zero-order valence-electron chi connectivity index (χ0n) is 16.7. The number of pyridine rings is 1. The highest BCUT2D eigenvalue weighted by Gasteiger charge is 2.47. The molecule has 8 heteroatoms. The third-order valence-electron chi connectivity index (χ3n) is 5.94. The number of nitrogens with zero attached hydrogens (tertiary/aromatic N) is 4. The van der Waals surface area contributed by atoms with Gasteiger partial charge in [-0.3, -0.25) is 14.7 Å². The molecule has 1 spiro atoms. The molecule has 0 bridgehead atoms. The number of piperidine rings is 1. The van der Waals surface area contributed by atoms with Crippen LogP contribution >= 0.6 is 11.3 Å². The SMILES string of the molecule is O=C(NCc1ccccn1)C1Cn2ccnc2C2(CCN(Cc3cccs3)CC2)O1. The Bertz CT molecular complexity index is 980. The Balaban J connectivity index is 1.27. The van der Waals surface area contributed by atoms with Gasteiger partial charge in [-0.05, 0) is 36.4 Å². The smallest absolute Gasteiger partial charge is 0.251 e. The second-order valence-electron chi connectivity index (χ2n) is 7.90. The summed E-state index contributed by atoms with van der Waals surface area (Å²) in [4.78, 5) is 25.6. The summed E-state index contributed by atoms with van der Waals surface area (Å²) in [7, 11) is 0. The van der Waals surface area contributed by atoms with Crippen LogP contribution in [0.2, 0.25) is 0 Å². The summed E-state index contributed by atoms with van der Waals surface area (Å²) >= 11 is 1.79. The minimum Gasteiger partial charge on any atom is -0.352 e. The van der Waals surface area contributed by atoms with Gasteiger partial charge < -0.3 is 14.6 Å². The zero-order valence-corrected chi connectivity index (χ0v) is 17.6. The minimum atomic E-state index is -0.528. The molecule has 0 aromatic carbocycles. The average molecular weight is 424 g/mol. The Morgan fingerprint density at radius 3 is 2.87 bits per heavy atom. The van der Waals surface area contributed by atoms with E-state index in [4.69, 9.17) is 4.74 Å². The quantitative estimate of drug-likeness (QED) is 0.683. The topological polar surface area (TPSA) is 72.3 Å². The van der Waals surface area contributed by atoms with Crippen LogP contribution in [0.3, 0.4) is 0 Å². The summed E-state index contributed by atoms with van der Waals surface area (Å²) in [5.41, 5.74) is 0.335. The Labute approximate surface area is 179 Å². The third kappa shape index (κ3) is 3.90. The summed E-state index contributed by atoms with van der Waals surface area (Å²) in [5, 5.41) is 5.10. The molecule has 1 unspecified atom stereocenters. The number of ether oxygens (including phenoxy) is 1. The Morgan fingerprint density at radius 1 is 1.20 bits per heavy atom. The first-order valence-corrected chi connectivity index (χ1v) is 11.2. The van der Waals surface area contributed by atoms with Crippen molar-refractivity contribution < 1.29 is 9.53 Å². The molecule has 3 aromatic rings. The number of likely N-dealkylation sites (tertiary alicyclic amines) is 1. The van der Waals surface area contributed by atoms with E-state index in [0.29, 0.717) is 13.1 Å². The highest BCUT2D eigenvalue weighted by atomic mass is 32.1. The summed E-state index contributed by atoms with van der Waals surface area (Å²) in [6, 6.07) is 9.97. The monoisotopic (exact) mass is 423 g/mol. The zero-order chi connectivity index (χ0) is 20.4. The van der Waals surface area contributed by atoms with Crippen LogP contribution in [0.5, 0.6) is 0 Å². The molecule has 1 fully saturated rings. The number of imidazole rings is 1. The number of fused-ring (bicyclic) bond motifs is 2. The van der Waals surface area contributed by atoms with E-state index in [2.05, 4.69) is 42.3 Å². The van der Waals surface area contributed by atoms with Crippen molar-refractivity contribution in [3.8, 4) is 0 Å². The molecule has 0 saturated carbocycles. The number of amides is 1. The van der Waals surface area contributed by atoms with E-state index in [1.165, 1.54) is 4.88 Å². The fourth-order valence-electron chi connectivity index (χ4n) is 4.36. The van der Waals surface area contributed by atoms with Crippen LogP contribution < -0.4 is 5.32 Å². The van der Waals surface area contributed by atoms with Gasteiger partial charge >= 0.3 is 0 Å². The number of thiophene rings is 1. The lowest BCUT2D eigenvalue weighted by atomic mass is 9.88. The first kappa shape index (κ1) is 19.4. The van der Waals surface area contributed by atoms with Gasteiger partial charge in [0.25, 0.3) is 5.91 Å². The van der Waals surface area contributed by atoms with Crippen molar-refractivity contribution in [1.82, 2.24) is 24.8 Å². The van der Waals surface area contributed by atoms with E-state index < -0.39 is 11.7 Å². The maximum Gasteiger partial charge on any atom is 0.251 e. The van der Waals surface area contributed by atoms with Crippen molar-refractivity contribution in [2.75, 3.05) is 13.1 Å². The lowest BCUT2D eigenvalue weighted by molar-refractivity contribution is -0.174. The van der Waals surface area contributed by atoms with Crippen LogP contribution in [0.4, 0.5) is 0 Å². The van der Waals surface area contributed by atoms with Gasteiger partial charge in [-0.15, -0.1) is 11.3 Å². The second kappa shape index (κ2) is 8.29. The van der Waals surface area contributed by atoms with Crippen molar-refractivity contribution >= 4 is 17.2 Å². The number of aromatic nitrogens is 3. The van der Waals surface area contributed by atoms with Gasteiger partial charge in [0, 0.05) is 43.1 Å². The second-order valence-corrected chi connectivity index (χ2v) is 8.93. The number of carbonyl (C=O) groups is 1. The van der Waals surface area contributed by atoms with Crippen LogP contribution in [0.1, 0.15) is 29.2 Å². The summed E-state index contributed by atoms with van der Waals surface area (Å²) in [6.07, 6.45) is 6.64. The molecule has 2 aliphatic rings. The molecule has 1 saturated heterocycles. The lowest BCUT2D eigenvalue weighted by Crippen LogP contribution is -2.53. The highest BCUT2D eigenvalue weighted by Crippen LogP contribution is 2.40. The predicted octanol–water partition coefficient (Wildman–Crippen LogP) is 2.55. The first-order chi connectivity index (χ1) is 14.7. The molecule has 5 heterocycles. The van der Waals surface area contributed by atoms with Gasteiger partial charge in [-0.1, -0.05) is 12.1 Å². The lowest BCUT2D eigenvalue weighted by Gasteiger charge is -2.45. The van der Waals surface area contributed by atoms with E-state index in [1.807, 2.05) is 30.6 Å². The fraction of sp³-hybridized carbons (Fsp3) is 0.409. The van der Waals surface area contributed by atoms with Crippen LogP contribution in [0, 0.1) is 0 Å². The van der Waals surface area contributed by atoms with Crippen LogP contribution in [0.25, 0.3) is 0 Å². The first-order valence-electron chi connectivity index (χ1n) is 10.3. The van der Waals surface area contributed by atoms with Crippen molar-refractivity contribution in [3.63, 3.8) is 0 Å². The van der Waals surface area contributed by atoms with Crippen molar-refractivity contribution in [1.29, 1.82) is 0 Å². The standard InChI is InChI=1S/C22H25N5O2S/c28-20(25-14-17-4-1-2-8-23-17)19-16-27-12-9-24-21(27)22(29-19)6-10-26(11-7-22)15-18-5-3-13-30-18/h1-5,8-9,12-13,19H,6-7,10-11,14-16H2,(H,25,28). The van der Waals surface area contributed by atoms with Crippen LogP contribution in [0.15, 0.2) is 54.3 Å². The molecule has 156 valence electrons. The molecule has 3 aromatic heterocycles. The van der Waals surface area contributed by atoms with Gasteiger partial charge in [-0.25, -0.2) is 4.98 Å².